The van der Waals surface area contributed by atoms with Gasteiger partial charge in [0.2, 0.25) is 5.91 Å². The normalized spacial score (nSPS) is 10.5. The Morgan fingerprint density at radius 3 is 2.38 bits per heavy atom. The smallest absolute Gasteiger partial charge is 0.338 e. The van der Waals surface area contributed by atoms with Crippen LogP contribution in [0.25, 0.3) is 0 Å². The van der Waals surface area contributed by atoms with Crippen molar-refractivity contribution >= 4 is 17.6 Å². The summed E-state index contributed by atoms with van der Waals surface area (Å²) in [4.78, 5) is 23.8. The van der Waals surface area contributed by atoms with Gasteiger partial charge in [0.1, 0.15) is 5.75 Å². The SMILES string of the molecule is Cc1ccc(C)c(OCCC(=O)Nc2ccc(C(=O)OC(C)C)cc2)c1. The lowest BCUT2D eigenvalue weighted by molar-refractivity contribution is -0.116. The van der Waals surface area contributed by atoms with E-state index in [0.717, 1.165) is 16.9 Å². The summed E-state index contributed by atoms with van der Waals surface area (Å²) in [6.07, 6.45) is 0.0729. The number of benzene rings is 2. The molecule has 0 aliphatic rings. The maximum Gasteiger partial charge on any atom is 0.338 e. The van der Waals surface area contributed by atoms with Crippen LogP contribution < -0.4 is 10.1 Å². The van der Waals surface area contributed by atoms with Crippen molar-refractivity contribution in [2.24, 2.45) is 0 Å². The topological polar surface area (TPSA) is 64.6 Å². The summed E-state index contributed by atoms with van der Waals surface area (Å²) in [6, 6.07) is 12.6. The molecule has 0 spiro atoms. The predicted octanol–water partition coefficient (Wildman–Crippen LogP) is 4.28. The van der Waals surface area contributed by atoms with E-state index < -0.39 is 0 Å². The van der Waals surface area contributed by atoms with Gasteiger partial charge in [-0.25, -0.2) is 4.79 Å². The molecule has 0 atom stereocenters. The van der Waals surface area contributed by atoms with Crippen molar-refractivity contribution in [1.82, 2.24) is 0 Å². The van der Waals surface area contributed by atoms with Gasteiger partial charge >= 0.3 is 5.97 Å². The third-order valence-electron chi connectivity index (χ3n) is 3.68. The fourth-order valence-electron chi connectivity index (χ4n) is 2.31. The van der Waals surface area contributed by atoms with Crippen LogP contribution >= 0.6 is 0 Å². The zero-order valence-corrected chi connectivity index (χ0v) is 15.7. The quantitative estimate of drug-likeness (QED) is 0.753. The Morgan fingerprint density at radius 2 is 1.73 bits per heavy atom. The van der Waals surface area contributed by atoms with Crippen molar-refractivity contribution in [3.63, 3.8) is 0 Å². The minimum Gasteiger partial charge on any atom is -0.493 e. The molecule has 0 aliphatic carbocycles. The van der Waals surface area contributed by atoms with Crippen molar-refractivity contribution in [3.05, 3.63) is 59.2 Å². The summed E-state index contributed by atoms with van der Waals surface area (Å²) < 4.78 is 10.8. The number of hydrogen-bond acceptors (Lipinski definition) is 4. The van der Waals surface area contributed by atoms with Crippen LogP contribution in [0.3, 0.4) is 0 Å². The molecule has 0 bridgehead atoms. The van der Waals surface area contributed by atoms with E-state index in [4.69, 9.17) is 9.47 Å². The molecule has 1 N–H and O–H groups in total. The van der Waals surface area contributed by atoms with E-state index in [1.54, 1.807) is 38.1 Å². The van der Waals surface area contributed by atoms with Crippen molar-refractivity contribution < 1.29 is 19.1 Å². The van der Waals surface area contributed by atoms with E-state index in [-0.39, 0.29) is 24.4 Å². The third-order valence-corrected chi connectivity index (χ3v) is 3.68. The van der Waals surface area contributed by atoms with Gasteiger partial charge in [-0.15, -0.1) is 0 Å². The Balaban J connectivity index is 1.82. The number of nitrogens with one attached hydrogen (secondary N) is 1. The molecule has 5 heteroatoms. The molecule has 2 aromatic carbocycles. The summed E-state index contributed by atoms with van der Waals surface area (Å²) in [6.45, 7) is 7.87. The van der Waals surface area contributed by atoms with Crippen LogP contribution in [-0.4, -0.2) is 24.6 Å². The molecule has 5 nitrogen and oxygen atoms in total. The van der Waals surface area contributed by atoms with Crippen LogP contribution in [0, 0.1) is 13.8 Å². The van der Waals surface area contributed by atoms with Crippen LogP contribution in [0.4, 0.5) is 5.69 Å². The van der Waals surface area contributed by atoms with Crippen LogP contribution in [0.5, 0.6) is 5.75 Å². The molecule has 2 aromatic rings. The van der Waals surface area contributed by atoms with E-state index in [1.807, 2.05) is 32.0 Å². The number of anilines is 1. The lowest BCUT2D eigenvalue weighted by atomic mass is 10.1. The van der Waals surface area contributed by atoms with Crippen LogP contribution in [0.2, 0.25) is 0 Å². The Morgan fingerprint density at radius 1 is 1.04 bits per heavy atom. The molecule has 0 saturated heterocycles. The monoisotopic (exact) mass is 355 g/mol. The van der Waals surface area contributed by atoms with E-state index in [0.29, 0.717) is 17.9 Å². The molecule has 0 radical (unpaired) electrons. The first kappa shape index (κ1) is 19.5. The van der Waals surface area contributed by atoms with E-state index in [1.165, 1.54) is 0 Å². The second-order valence-electron chi connectivity index (χ2n) is 6.45. The number of ether oxygens (including phenoxy) is 2. The maximum atomic E-state index is 12.0. The summed E-state index contributed by atoms with van der Waals surface area (Å²) in [5.74, 6) is 0.276. The number of hydrogen-bond donors (Lipinski definition) is 1. The fourth-order valence-corrected chi connectivity index (χ4v) is 2.31. The lowest BCUT2D eigenvalue weighted by Gasteiger charge is -2.11. The molecule has 26 heavy (non-hydrogen) atoms. The number of carbonyl (C=O) groups is 2. The molecule has 0 aliphatic heterocycles. The molecule has 0 saturated carbocycles. The van der Waals surface area contributed by atoms with Gasteiger partial charge in [0.05, 0.1) is 24.7 Å². The fraction of sp³-hybridized carbons (Fsp3) is 0.333. The Kier molecular flexibility index (Phi) is 6.78. The molecular weight excluding hydrogens is 330 g/mol. The first-order valence-corrected chi connectivity index (χ1v) is 8.66. The second-order valence-corrected chi connectivity index (χ2v) is 6.45. The predicted molar refractivity (Wildman–Crippen MR) is 102 cm³/mol. The van der Waals surface area contributed by atoms with Crippen LogP contribution in [0.15, 0.2) is 42.5 Å². The van der Waals surface area contributed by atoms with Crippen molar-refractivity contribution in [2.75, 3.05) is 11.9 Å². The molecule has 2 rings (SSSR count). The van der Waals surface area contributed by atoms with Gasteiger partial charge in [-0.05, 0) is 69.2 Å². The number of rotatable bonds is 7. The van der Waals surface area contributed by atoms with Crippen molar-refractivity contribution in [3.8, 4) is 5.75 Å². The highest BCUT2D eigenvalue weighted by Gasteiger charge is 2.10. The molecule has 1 amide bonds. The van der Waals surface area contributed by atoms with Gasteiger partial charge in [-0.3, -0.25) is 4.79 Å². The van der Waals surface area contributed by atoms with E-state index >= 15 is 0 Å². The average molecular weight is 355 g/mol. The molecule has 0 fully saturated rings. The first-order chi connectivity index (χ1) is 12.3. The minimum atomic E-state index is -0.375. The highest BCUT2D eigenvalue weighted by atomic mass is 16.5. The van der Waals surface area contributed by atoms with Crippen LogP contribution in [-0.2, 0) is 9.53 Å². The minimum absolute atomic E-state index is 0.146. The highest BCUT2D eigenvalue weighted by Crippen LogP contribution is 2.19. The average Bonchev–Trinajstić information content (AvgIpc) is 2.58. The number of amides is 1. The summed E-state index contributed by atoms with van der Waals surface area (Å²) in [7, 11) is 0. The Bertz CT molecular complexity index is 766. The van der Waals surface area contributed by atoms with Gasteiger partial charge in [-0.1, -0.05) is 12.1 Å². The zero-order chi connectivity index (χ0) is 19.1. The molecule has 0 aromatic heterocycles. The summed E-state index contributed by atoms with van der Waals surface area (Å²) >= 11 is 0. The Labute approximate surface area is 154 Å². The molecule has 0 unspecified atom stereocenters. The van der Waals surface area contributed by atoms with Crippen molar-refractivity contribution in [2.45, 2.75) is 40.2 Å². The third kappa shape index (κ3) is 5.92. The van der Waals surface area contributed by atoms with Gasteiger partial charge in [0.25, 0.3) is 0 Å². The standard InChI is InChI=1S/C21H25NO4/c1-14(2)26-21(24)17-7-9-18(10-8-17)22-20(23)11-12-25-19-13-15(3)5-6-16(19)4/h5-10,13-14H,11-12H2,1-4H3,(H,22,23). The van der Waals surface area contributed by atoms with Gasteiger partial charge in [-0.2, -0.15) is 0 Å². The molecule has 138 valence electrons. The summed E-state index contributed by atoms with van der Waals surface area (Å²) in [5.41, 5.74) is 3.24. The number of carbonyl (C=O) groups excluding carboxylic acids is 2. The Hall–Kier alpha value is -2.82. The van der Waals surface area contributed by atoms with Crippen molar-refractivity contribution in [1.29, 1.82) is 0 Å². The zero-order valence-electron chi connectivity index (χ0n) is 15.7. The first-order valence-electron chi connectivity index (χ1n) is 8.66. The van der Waals surface area contributed by atoms with E-state index in [9.17, 15) is 9.59 Å². The van der Waals surface area contributed by atoms with E-state index in [2.05, 4.69) is 5.32 Å². The lowest BCUT2D eigenvalue weighted by Crippen LogP contribution is -2.16. The number of esters is 1. The van der Waals surface area contributed by atoms with Gasteiger partial charge in [0.15, 0.2) is 0 Å². The number of aryl methyl sites for hydroxylation is 2. The molecular formula is C21H25NO4. The largest absolute Gasteiger partial charge is 0.493 e. The van der Waals surface area contributed by atoms with Gasteiger partial charge in [0, 0.05) is 5.69 Å². The van der Waals surface area contributed by atoms with Crippen LogP contribution in [0.1, 0.15) is 41.8 Å². The van der Waals surface area contributed by atoms with Gasteiger partial charge < -0.3 is 14.8 Å². The second kappa shape index (κ2) is 9.04. The highest BCUT2D eigenvalue weighted by molar-refractivity contribution is 5.93. The molecule has 0 heterocycles. The maximum absolute atomic E-state index is 12.0. The summed E-state index contributed by atoms with van der Waals surface area (Å²) in [5, 5.41) is 2.79.